The fourth-order valence-electron chi connectivity index (χ4n) is 2.19. The van der Waals surface area contributed by atoms with Crippen molar-refractivity contribution in [3.63, 3.8) is 0 Å². The van der Waals surface area contributed by atoms with Crippen molar-refractivity contribution in [3.8, 4) is 0 Å². The first-order valence-electron chi connectivity index (χ1n) is 6.92. The normalized spacial score (nSPS) is 11.7. The third-order valence-electron chi connectivity index (χ3n) is 3.37. The lowest BCUT2D eigenvalue weighted by Crippen LogP contribution is -2.27. The maximum Gasteiger partial charge on any atom is 0.292 e. The first kappa shape index (κ1) is 15.1. The molecule has 0 aliphatic heterocycles. The van der Waals surface area contributed by atoms with E-state index in [0.29, 0.717) is 16.5 Å². The van der Waals surface area contributed by atoms with Gasteiger partial charge in [0, 0.05) is 17.3 Å². The smallest absolute Gasteiger partial charge is 0.267 e. The number of thiophene rings is 1. The SMILES string of the molecule is C/C(=N\NC(=O)c1nn(C)c(=O)c2ccccc12)c1cccs1. The van der Waals surface area contributed by atoms with Crippen LogP contribution in [0.1, 0.15) is 22.3 Å². The molecule has 7 heteroatoms. The van der Waals surface area contributed by atoms with Gasteiger partial charge >= 0.3 is 0 Å². The molecule has 0 aliphatic carbocycles. The van der Waals surface area contributed by atoms with Crippen molar-refractivity contribution in [1.82, 2.24) is 15.2 Å². The summed E-state index contributed by atoms with van der Waals surface area (Å²) in [5.74, 6) is -0.451. The fraction of sp³-hybridized carbons (Fsp3) is 0.125. The average molecular weight is 326 g/mol. The Bertz CT molecular complexity index is 958. The number of carbonyl (C=O) groups is 1. The number of rotatable bonds is 3. The van der Waals surface area contributed by atoms with Gasteiger partial charge in [0.05, 0.1) is 11.1 Å². The van der Waals surface area contributed by atoms with E-state index in [1.807, 2.05) is 24.4 Å². The zero-order valence-corrected chi connectivity index (χ0v) is 13.4. The lowest BCUT2D eigenvalue weighted by Gasteiger charge is -2.07. The van der Waals surface area contributed by atoms with E-state index in [4.69, 9.17) is 0 Å². The van der Waals surface area contributed by atoms with Gasteiger partial charge in [-0.1, -0.05) is 24.3 Å². The zero-order valence-electron chi connectivity index (χ0n) is 12.6. The second-order valence-corrected chi connectivity index (χ2v) is 5.89. The molecule has 0 unspecified atom stereocenters. The molecule has 23 heavy (non-hydrogen) atoms. The van der Waals surface area contributed by atoms with Crippen LogP contribution in [0.25, 0.3) is 10.8 Å². The highest BCUT2D eigenvalue weighted by Gasteiger charge is 2.15. The minimum absolute atomic E-state index is 0.172. The van der Waals surface area contributed by atoms with Gasteiger partial charge in [-0.15, -0.1) is 11.3 Å². The molecule has 2 aromatic heterocycles. The summed E-state index contributed by atoms with van der Waals surface area (Å²) in [4.78, 5) is 25.4. The second kappa shape index (κ2) is 6.13. The van der Waals surface area contributed by atoms with Crippen LogP contribution in [0.15, 0.2) is 51.7 Å². The monoisotopic (exact) mass is 326 g/mol. The number of hydrogen-bond acceptors (Lipinski definition) is 5. The molecule has 6 nitrogen and oxygen atoms in total. The molecule has 0 saturated heterocycles. The molecular weight excluding hydrogens is 312 g/mol. The minimum Gasteiger partial charge on any atom is -0.267 e. The van der Waals surface area contributed by atoms with E-state index in [1.54, 1.807) is 35.6 Å². The van der Waals surface area contributed by atoms with E-state index < -0.39 is 5.91 Å². The van der Waals surface area contributed by atoms with Crippen LogP contribution in [0, 0.1) is 0 Å². The van der Waals surface area contributed by atoms with E-state index in [0.717, 1.165) is 9.56 Å². The molecule has 1 N–H and O–H groups in total. The van der Waals surface area contributed by atoms with Gasteiger partial charge in [0.25, 0.3) is 11.5 Å². The molecule has 0 spiro atoms. The van der Waals surface area contributed by atoms with Crippen molar-refractivity contribution < 1.29 is 4.79 Å². The average Bonchev–Trinajstić information content (AvgIpc) is 3.10. The minimum atomic E-state index is -0.451. The van der Waals surface area contributed by atoms with Crippen LogP contribution < -0.4 is 11.0 Å². The Morgan fingerprint density at radius 2 is 1.96 bits per heavy atom. The lowest BCUT2D eigenvalue weighted by molar-refractivity contribution is 0.0949. The van der Waals surface area contributed by atoms with Gasteiger partial charge in [0.15, 0.2) is 5.69 Å². The summed E-state index contributed by atoms with van der Waals surface area (Å²) in [5, 5.41) is 11.1. The molecule has 0 radical (unpaired) electrons. The van der Waals surface area contributed by atoms with Gasteiger partial charge < -0.3 is 0 Å². The van der Waals surface area contributed by atoms with Crippen molar-refractivity contribution in [1.29, 1.82) is 0 Å². The number of aryl methyl sites for hydroxylation is 1. The number of nitrogens with zero attached hydrogens (tertiary/aromatic N) is 3. The maximum absolute atomic E-state index is 12.4. The third kappa shape index (κ3) is 2.91. The van der Waals surface area contributed by atoms with Crippen LogP contribution in [-0.4, -0.2) is 21.4 Å². The number of hydrazone groups is 1. The van der Waals surface area contributed by atoms with Crippen molar-refractivity contribution in [2.45, 2.75) is 6.92 Å². The summed E-state index contributed by atoms with van der Waals surface area (Å²) in [6.07, 6.45) is 0. The second-order valence-electron chi connectivity index (χ2n) is 4.94. The Kier molecular flexibility index (Phi) is 4.03. The van der Waals surface area contributed by atoms with Crippen LogP contribution in [0.4, 0.5) is 0 Å². The largest absolute Gasteiger partial charge is 0.292 e. The van der Waals surface area contributed by atoms with Crippen LogP contribution in [0.3, 0.4) is 0 Å². The molecule has 0 saturated carbocycles. The van der Waals surface area contributed by atoms with Gasteiger partial charge in [0.2, 0.25) is 0 Å². The fourth-order valence-corrected chi connectivity index (χ4v) is 2.87. The summed E-state index contributed by atoms with van der Waals surface area (Å²) >= 11 is 1.54. The van der Waals surface area contributed by atoms with Gasteiger partial charge in [-0.3, -0.25) is 9.59 Å². The van der Waals surface area contributed by atoms with Gasteiger partial charge in [-0.05, 0) is 24.4 Å². The first-order chi connectivity index (χ1) is 11.1. The Labute approximate surface area is 136 Å². The highest BCUT2D eigenvalue weighted by Crippen LogP contribution is 2.13. The van der Waals surface area contributed by atoms with E-state index >= 15 is 0 Å². The molecule has 3 rings (SSSR count). The van der Waals surface area contributed by atoms with Gasteiger partial charge in [-0.2, -0.15) is 10.2 Å². The van der Waals surface area contributed by atoms with Gasteiger partial charge in [-0.25, -0.2) is 10.1 Å². The van der Waals surface area contributed by atoms with E-state index in [9.17, 15) is 9.59 Å². The van der Waals surface area contributed by atoms with E-state index in [-0.39, 0.29) is 11.3 Å². The molecule has 0 fully saturated rings. The zero-order chi connectivity index (χ0) is 16.4. The summed E-state index contributed by atoms with van der Waals surface area (Å²) in [6, 6.07) is 10.7. The summed E-state index contributed by atoms with van der Waals surface area (Å²) in [7, 11) is 1.52. The van der Waals surface area contributed by atoms with Crippen LogP contribution >= 0.6 is 11.3 Å². The number of fused-ring (bicyclic) bond motifs is 1. The summed E-state index contributed by atoms with van der Waals surface area (Å²) in [6.45, 7) is 1.82. The van der Waals surface area contributed by atoms with Crippen LogP contribution in [-0.2, 0) is 7.05 Å². The Hall–Kier alpha value is -2.80. The summed E-state index contributed by atoms with van der Waals surface area (Å²) in [5.41, 5.74) is 3.15. The number of benzene rings is 1. The number of amides is 1. The Morgan fingerprint density at radius 1 is 1.22 bits per heavy atom. The van der Waals surface area contributed by atoms with Crippen LogP contribution in [0.5, 0.6) is 0 Å². The standard InChI is InChI=1S/C16H14N4O2S/c1-10(13-8-5-9-23-13)17-18-15(21)14-11-6-3-4-7-12(11)16(22)20(2)19-14/h3-9H,1-2H3,(H,18,21)/b17-10+. The number of aromatic nitrogens is 2. The van der Waals surface area contributed by atoms with Crippen LogP contribution in [0.2, 0.25) is 0 Å². The number of nitrogens with one attached hydrogen (secondary N) is 1. The van der Waals surface area contributed by atoms with Crippen molar-refractivity contribution in [3.05, 3.63) is 62.7 Å². The molecule has 116 valence electrons. The number of hydrogen-bond donors (Lipinski definition) is 1. The molecule has 0 atom stereocenters. The molecule has 2 heterocycles. The highest BCUT2D eigenvalue weighted by atomic mass is 32.1. The lowest BCUT2D eigenvalue weighted by atomic mass is 10.1. The molecule has 3 aromatic rings. The Morgan fingerprint density at radius 3 is 2.65 bits per heavy atom. The molecule has 0 bridgehead atoms. The molecule has 0 aliphatic rings. The van der Waals surface area contributed by atoms with Crippen molar-refractivity contribution in [2.24, 2.45) is 12.1 Å². The molecule has 1 aromatic carbocycles. The predicted octanol–water partition coefficient (Wildman–Crippen LogP) is 2.15. The van der Waals surface area contributed by atoms with Crippen molar-refractivity contribution in [2.75, 3.05) is 0 Å². The maximum atomic E-state index is 12.4. The Balaban J connectivity index is 1.97. The predicted molar refractivity (Wildman–Crippen MR) is 91.0 cm³/mol. The van der Waals surface area contributed by atoms with Gasteiger partial charge in [0.1, 0.15) is 0 Å². The molecule has 1 amide bonds. The number of carbonyl (C=O) groups excluding carboxylic acids is 1. The quantitative estimate of drug-likeness (QED) is 0.592. The van der Waals surface area contributed by atoms with E-state index in [1.165, 1.54) is 7.05 Å². The summed E-state index contributed by atoms with van der Waals surface area (Å²) < 4.78 is 1.16. The van der Waals surface area contributed by atoms with Crippen molar-refractivity contribution >= 4 is 33.7 Å². The van der Waals surface area contributed by atoms with E-state index in [2.05, 4.69) is 15.6 Å². The third-order valence-corrected chi connectivity index (χ3v) is 4.35. The first-order valence-corrected chi connectivity index (χ1v) is 7.80. The topological polar surface area (TPSA) is 76.3 Å². The molecular formula is C16H14N4O2S. The highest BCUT2D eigenvalue weighted by molar-refractivity contribution is 7.12.